The van der Waals surface area contributed by atoms with Gasteiger partial charge in [-0.3, -0.25) is 0 Å². The maximum absolute atomic E-state index is 6.08. The van der Waals surface area contributed by atoms with Crippen LogP contribution in [0.15, 0.2) is 48.0 Å². The summed E-state index contributed by atoms with van der Waals surface area (Å²) >= 11 is 7.82. The molecule has 2 heterocycles. The van der Waals surface area contributed by atoms with E-state index in [9.17, 15) is 0 Å². The lowest BCUT2D eigenvalue weighted by Crippen LogP contribution is -1.81. The van der Waals surface area contributed by atoms with Gasteiger partial charge in [0.25, 0.3) is 0 Å². The minimum atomic E-state index is 0.566. The molecule has 0 saturated heterocycles. The van der Waals surface area contributed by atoms with Crippen LogP contribution >= 0.6 is 22.9 Å². The Kier molecular flexibility index (Phi) is 2.39. The van der Waals surface area contributed by atoms with Gasteiger partial charge in [-0.05, 0) is 28.5 Å². The molecule has 1 nitrogen and oxygen atoms in total. The van der Waals surface area contributed by atoms with Crippen LogP contribution in [0.4, 0.5) is 0 Å². The van der Waals surface area contributed by atoms with Crippen LogP contribution in [0.1, 0.15) is 0 Å². The van der Waals surface area contributed by atoms with Crippen LogP contribution in [0, 0.1) is 0 Å². The third-order valence-corrected chi connectivity index (χ3v) is 3.75. The molecule has 3 heteroatoms. The Bertz CT molecular complexity index is 631. The number of fused-ring (bicyclic) bond motifs is 1. The van der Waals surface area contributed by atoms with Crippen molar-refractivity contribution in [2.45, 2.75) is 0 Å². The van der Waals surface area contributed by atoms with Gasteiger partial charge in [0.1, 0.15) is 5.15 Å². The number of thiophene rings is 1. The molecule has 0 radical (unpaired) electrons. The predicted octanol–water partition coefficient (Wildman–Crippen LogP) is 4.62. The van der Waals surface area contributed by atoms with Gasteiger partial charge in [0.05, 0.1) is 0 Å². The molecule has 0 bridgehead atoms. The number of pyridine rings is 1. The lowest BCUT2D eigenvalue weighted by Gasteiger charge is -2.04. The number of hydrogen-bond donors (Lipinski definition) is 0. The molecule has 78 valence electrons. The third-order valence-electron chi connectivity index (χ3n) is 2.54. The fourth-order valence-corrected chi connectivity index (χ4v) is 2.81. The van der Waals surface area contributed by atoms with Crippen molar-refractivity contribution in [1.29, 1.82) is 0 Å². The summed E-state index contributed by atoms with van der Waals surface area (Å²) in [5.41, 5.74) is 1.22. The Morgan fingerprint density at radius 1 is 1.00 bits per heavy atom. The lowest BCUT2D eigenvalue weighted by atomic mass is 10.1. The molecule has 3 rings (SSSR count). The largest absolute Gasteiger partial charge is 0.244 e. The number of benzene rings is 1. The molecule has 0 atom stereocenters. The van der Waals surface area contributed by atoms with Crippen LogP contribution in [-0.2, 0) is 0 Å². The summed E-state index contributed by atoms with van der Waals surface area (Å²) in [7, 11) is 0. The summed E-state index contributed by atoms with van der Waals surface area (Å²) in [6.07, 6.45) is 1.75. The first-order chi connectivity index (χ1) is 7.86. The highest BCUT2D eigenvalue weighted by molar-refractivity contribution is 7.13. The minimum absolute atomic E-state index is 0.566. The zero-order chi connectivity index (χ0) is 11.0. The first-order valence-electron chi connectivity index (χ1n) is 4.93. The second kappa shape index (κ2) is 3.89. The smallest absolute Gasteiger partial charge is 0.136 e. The van der Waals surface area contributed by atoms with E-state index >= 15 is 0 Å². The Morgan fingerprint density at radius 2 is 1.94 bits per heavy atom. The summed E-state index contributed by atoms with van der Waals surface area (Å²) in [5, 5.41) is 4.81. The Hall–Kier alpha value is -1.38. The van der Waals surface area contributed by atoms with Crippen molar-refractivity contribution >= 4 is 33.7 Å². The second-order valence-electron chi connectivity index (χ2n) is 3.48. The van der Waals surface area contributed by atoms with Crippen LogP contribution in [0.3, 0.4) is 0 Å². The fourth-order valence-electron chi connectivity index (χ4n) is 1.82. The fraction of sp³-hybridized carbons (Fsp3) is 0. The van der Waals surface area contributed by atoms with Gasteiger partial charge in [-0.2, -0.15) is 0 Å². The molecule has 0 aliphatic carbocycles. The van der Waals surface area contributed by atoms with Gasteiger partial charge in [0, 0.05) is 16.5 Å². The van der Waals surface area contributed by atoms with E-state index in [4.69, 9.17) is 11.6 Å². The minimum Gasteiger partial charge on any atom is -0.244 e. The Morgan fingerprint density at radius 3 is 2.75 bits per heavy atom. The Balaban J connectivity index is 2.38. The van der Waals surface area contributed by atoms with Crippen LogP contribution in [-0.4, -0.2) is 4.98 Å². The molecular weight excluding hydrogens is 238 g/mol. The van der Waals surface area contributed by atoms with E-state index in [1.165, 1.54) is 10.4 Å². The molecular formula is C13H8ClNS. The van der Waals surface area contributed by atoms with E-state index in [1.54, 1.807) is 17.5 Å². The molecule has 3 aromatic rings. The average molecular weight is 246 g/mol. The van der Waals surface area contributed by atoms with Crippen LogP contribution in [0.2, 0.25) is 5.15 Å². The maximum Gasteiger partial charge on any atom is 0.136 e. The van der Waals surface area contributed by atoms with E-state index in [0.717, 1.165) is 10.8 Å². The SMILES string of the molecule is Clc1nccc2c(-c3cccs3)cccc12. The first kappa shape index (κ1) is 9.82. The summed E-state index contributed by atoms with van der Waals surface area (Å²) in [6.45, 7) is 0. The topological polar surface area (TPSA) is 12.9 Å². The Labute approximate surface area is 102 Å². The van der Waals surface area contributed by atoms with Crippen molar-refractivity contribution in [3.8, 4) is 10.4 Å². The van der Waals surface area contributed by atoms with Gasteiger partial charge in [-0.25, -0.2) is 4.98 Å². The van der Waals surface area contributed by atoms with Crippen LogP contribution in [0.25, 0.3) is 21.2 Å². The molecule has 0 fully saturated rings. The van der Waals surface area contributed by atoms with E-state index < -0.39 is 0 Å². The van der Waals surface area contributed by atoms with Gasteiger partial charge in [0.15, 0.2) is 0 Å². The van der Waals surface area contributed by atoms with Gasteiger partial charge in [0.2, 0.25) is 0 Å². The normalized spacial score (nSPS) is 10.8. The molecule has 1 aromatic carbocycles. The number of hydrogen-bond acceptors (Lipinski definition) is 2. The van der Waals surface area contributed by atoms with Gasteiger partial charge >= 0.3 is 0 Å². The third kappa shape index (κ3) is 1.51. The zero-order valence-corrected chi connectivity index (χ0v) is 9.92. The molecule has 0 amide bonds. The van der Waals surface area contributed by atoms with Gasteiger partial charge < -0.3 is 0 Å². The second-order valence-corrected chi connectivity index (χ2v) is 4.79. The lowest BCUT2D eigenvalue weighted by molar-refractivity contribution is 1.36. The zero-order valence-electron chi connectivity index (χ0n) is 8.35. The summed E-state index contributed by atoms with van der Waals surface area (Å²) in [5.74, 6) is 0. The van der Waals surface area contributed by atoms with E-state index in [0.29, 0.717) is 5.15 Å². The molecule has 0 saturated carbocycles. The van der Waals surface area contributed by atoms with Crippen LogP contribution in [0.5, 0.6) is 0 Å². The van der Waals surface area contributed by atoms with Crippen molar-refractivity contribution in [2.75, 3.05) is 0 Å². The van der Waals surface area contributed by atoms with Crippen molar-refractivity contribution in [3.05, 3.63) is 53.1 Å². The monoisotopic (exact) mass is 245 g/mol. The van der Waals surface area contributed by atoms with E-state index in [2.05, 4.69) is 28.6 Å². The number of halogens is 1. The standard InChI is InChI=1S/C13H8ClNS/c14-13-11-4-1-3-10(9(11)6-7-15-13)12-5-2-8-16-12/h1-8H. The quantitative estimate of drug-likeness (QED) is 0.570. The van der Waals surface area contributed by atoms with Crippen LogP contribution < -0.4 is 0 Å². The van der Waals surface area contributed by atoms with Gasteiger partial charge in [-0.15, -0.1) is 11.3 Å². The predicted molar refractivity (Wildman–Crippen MR) is 70.1 cm³/mol. The molecule has 0 unspecified atom stereocenters. The summed E-state index contributed by atoms with van der Waals surface area (Å²) in [6, 6.07) is 12.3. The summed E-state index contributed by atoms with van der Waals surface area (Å²) < 4.78 is 0. The van der Waals surface area contributed by atoms with Crippen molar-refractivity contribution in [1.82, 2.24) is 4.98 Å². The molecule has 0 aliphatic heterocycles. The van der Waals surface area contributed by atoms with Crippen molar-refractivity contribution < 1.29 is 0 Å². The molecule has 0 N–H and O–H groups in total. The highest BCUT2D eigenvalue weighted by Crippen LogP contribution is 2.33. The summed E-state index contributed by atoms with van der Waals surface area (Å²) in [4.78, 5) is 5.36. The number of nitrogens with zero attached hydrogens (tertiary/aromatic N) is 1. The molecule has 0 spiro atoms. The average Bonchev–Trinajstić information content (AvgIpc) is 2.82. The van der Waals surface area contributed by atoms with Crippen molar-refractivity contribution in [2.24, 2.45) is 0 Å². The van der Waals surface area contributed by atoms with E-state index in [-0.39, 0.29) is 0 Å². The van der Waals surface area contributed by atoms with E-state index in [1.807, 2.05) is 18.2 Å². The highest BCUT2D eigenvalue weighted by atomic mass is 35.5. The highest BCUT2D eigenvalue weighted by Gasteiger charge is 2.06. The molecule has 16 heavy (non-hydrogen) atoms. The first-order valence-corrected chi connectivity index (χ1v) is 6.19. The maximum atomic E-state index is 6.08. The molecule has 2 aromatic heterocycles. The number of aromatic nitrogens is 1. The molecule has 0 aliphatic rings. The number of rotatable bonds is 1. The van der Waals surface area contributed by atoms with Crippen molar-refractivity contribution in [3.63, 3.8) is 0 Å². The van der Waals surface area contributed by atoms with Gasteiger partial charge in [-0.1, -0.05) is 35.9 Å².